The minimum atomic E-state index is -0.791. The maximum atomic E-state index is 12.3. The van der Waals surface area contributed by atoms with Crippen LogP contribution in [0.3, 0.4) is 0 Å². The molecular formula is C23H24N2O6. The van der Waals surface area contributed by atoms with E-state index in [9.17, 15) is 14.4 Å². The predicted octanol–water partition coefficient (Wildman–Crippen LogP) is 1.84. The van der Waals surface area contributed by atoms with Gasteiger partial charge < -0.3 is 24.8 Å². The van der Waals surface area contributed by atoms with Gasteiger partial charge in [-0.25, -0.2) is 4.79 Å². The van der Waals surface area contributed by atoms with Gasteiger partial charge in [0, 0.05) is 13.5 Å². The van der Waals surface area contributed by atoms with Gasteiger partial charge in [-0.2, -0.15) is 0 Å². The van der Waals surface area contributed by atoms with E-state index < -0.39 is 24.4 Å². The highest BCUT2D eigenvalue weighted by atomic mass is 16.6. The average Bonchev–Trinajstić information content (AvgIpc) is 2.77. The van der Waals surface area contributed by atoms with Crippen LogP contribution in [0.4, 0.5) is 0 Å². The Kier molecular flexibility index (Phi) is 7.64. The molecule has 0 radical (unpaired) electrons. The first-order valence-electron chi connectivity index (χ1n) is 9.88. The number of carbonyl (C=O) groups excluding carboxylic acids is 3. The predicted molar refractivity (Wildman–Crippen MR) is 113 cm³/mol. The molecule has 0 saturated carbocycles. The molecule has 1 heterocycles. The molecular weight excluding hydrogens is 400 g/mol. The number of esters is 1. The topological polar surface area (TPSA) is 103 Å². The van der Waals surface area contributed by atoms with Crippen molar-refractivity contribution in [1.29, 1.82) is 0 Å². The molecule has 0 saturated heterocycles. The van der Waals surface area contributed by atoms with E-state index in [2.05, 4.69) is 10.6 Å². The summed E-state index contributed by atoms with van der Waals surface area (Å²) in [6.07, 6.45) is 2.07. The number of carbonyl (C=O) groups is 3. The summed E-state index contributed by atoms with van der Waals surface area (Å²) in [5.41, 5.74) is 1.66. The molecule has 2 amide bonds. The summed E-state index contributed by atoms with van der Waals surface area (Å²) in [6.45, 7) is 2.25. The van der Waals surface area contributed by atoms with Crippen LogP contribution in [0, 0.1) is 0 Å². The lowest BCUT2D eigenvalue weighted by Gasteiger charge is -2.18. The summed E-state index contributed by atoms with van der Waals surface area (Å²) in [6, 6.07) is 14.6. The van der Waals surface area contributed by atoms with Gasteiger partial charge in [-0.15, -0.1) is 0 Å². The molecule has 1 aliphatic heterocycles. The molecule has 1 aliphatic rings. The summed E-state index contributed by atoms with van der Waals surface area (Å²) in [5.74, 6) is -0.235. The maximum Gasteiger partial charge on any atom is 0.355 e. The number of ether oxygens (including phenoxy) is 3. The Hall–Kier alpha value is -3.81. The third-order valence-corrected chi connectivity index (χ3v) is 4.32. The van der Waals surface area contributed by atoms with Crippen LogP contribution in [-0.4, -0.2) is 44.1 Å². The van der Waals surface area contributed by atoms with E-state index in [4.69, 9.17) is 14.2 Å². The Balaban J connectivity index is 1.47. The molecule has 8 heteroatoms. The molecule has 162 valence electrons. The number of amides is 2. The first-order valence-corrected chi connectivity index (χ1v) is 9.88. The van der Waals surface area contributed by atoms with Crippen molar-refractivity contribution in [2.45, 2.75) is 13.3 Å². The highest BCUT2D eigenvalue weighted by Crippen LogP contribution is 2.30. The summed E-state index contributed by atoms with van der Waals surface area (Å²) in [5, 5.41) is 5.14. The Labute approximate surface area is 180 Å². The van der Waals surface area contributed by atoms with Crippen LogP contribution in [0.5, 0.6) is 11.5 Å². The number of hydrogen-bond acceptors (Lipinski definition) is 6. The van der Waals surface area contributed by atoms with Gasteiger partial charge in [-0.05, 0) is 35.8 Å². The Morgan fingerprint density at radius 2 is 1.77 bits per heavy atom. The third kappa shape index (κ3) is 6.88. The number of nitrogens with one attached hydrogen (secondary N) is 2. The lowest BCUT2D eigenvalue weighted by atomic mass is 10.1. The molecule has 0 spiro atoms. The SMILES string of the molecule is CC(=O)NC(=Cc1ccccc1)C(=O)OCC(=O)NCCc1ccc2c(c1)OCCO2. The van der Waals surface area contributed by atoms with Crippen molar-refractivity contribution >= 4 is 23.9 Å². The first-order chi connectivity index (χ1) is 15.0. The normalized spacial score (nSPS) is 12.6. The fourth-order valence-electron chi connectivity index (χ4n) is 2.90. The van der Waals surface area contributed by atoms with Crippen LogP contribution in [0.15, 0.2) is 54.2 Å². The van der Waals surface area contributed by atoms with Crippen molar-refractivity contribution in [3.8, 4) is 11.5 Å². The second kappa shape index (κ2) is 10.8. The van der Waals surface area contributed by atoms with E-state index >= 15 is 0 Å². The second-order valence-electron chi connectivity index (χ2n) is 6.80. The number of fused-ring (bicyclic) bond motifs is 1. The lowest BCUT2D eigenvalue weighted by Crippen LogP contribution is -2.32. The van der Waals surface area contributed by atoms with Crippen molar-refractivity contribution in [2.24, 2.45) is 0 Å². The molecule has 0 atom stereocenters. The molecule has 2 aromatic rings. The summed E-state index contributed by atoms with van der Waals surface area (Å²) in [7, 11) is 0. The molecule has 2 aromatic carbocycles. The van der Waals surface area contributed by atoms with Gasteiger partial charge in [0.15, 0.2) is 18.1 Å². The maximum absolute atomic E-state index is 12.3. The van der Waals surface area contributed by atoms with E-state index in [1.807, 2.05) is 24.3 Å². The monoisotopic (exact) mass is 424 g/mol. The van der Waals surface area contributed by atoms with E-state index in [1.165, 1.54) is 13.0 Å². The molecule has 8 nitrogen and oxygen atoms in total. The van der Waals surface area contributed by atoms with E-state index in [-0.39, 0.29) is 5.70 Å². The van der Waals surface area contributed by atoms with Gasteiger partial charge in [0.25, 0.3) is 5.91 Å². The number of rotatable bonds is 8. The summed E-state index contributed by atoms with van der Waals surface area (Å²) in [4.78, 5) is 35.7. The van der Waals surface area contributed by atoms with E-state index in [0.29, 0.717) is 43.2 Å². The average molecular weight is 424 g/mol. The zero-order chi connectivity index (χ0) is 22.1. The van der Waals surface area contributed by atoms with Crippen molar-refractivity contribution in [2.75, 3.05) is 26.4 Å². The smallest absolute Gasteiger partial charge is 0.355 e. The molecule has 0 bridgehead atoms. The van der Waals surface area contributed by atoms with Crippen LogP contribution < -0.4 is 20.1 Å². The molecule has 2 N–H and O–H groups in total. The Morgan fingerprint density at radius 1 is 1.03 bits per heavy atom. The van der Waals surface area contributed by atoms with Crippen LogP contribution >= 0.6 is 0 Å². The summed E-state index contributed by atoms with van der Waals surface area (Å²) >= 11 is 0. The molecule has 0 aliphatic carbocycles. The van der Waals surface area contributed by atoms with Crippen molar-refractivity contribution in [3.05, 3.63) is 65.4 Å². The quantitative estimate of drug-likeness (QED) is 0.495. The number of hydrogen-bond donors (Lipinski definition) is 2. The Bertz CT molecular complexity index is 971. The highest BCUT2D eigenvalue weighted by Gasteiger charge is 2.15. The van der Waals surface area contributed by atoms with Gasteiger partial charge in [0.2, 0.25) is 5.91 Å². The second-order valence-corrected chi connectivity index (χ2v) is 6.80. The summed E-state index contributed by atoms with van der Waals surface area (Å²) < 4.78 is 16.1. The third-order valence-electron chi connectivity index (χ3n) is 4.32. The Morgan fingerprint density at radius 3 is 2.52 bits per heavy atom. The fraction of sp³-hybridized carbons (Fsp3) is 0.261. The van der Waals surface area contributed by atoms with Crippen molar-refractivity contribution in [3.63, 3.8) is 0 Å². The van der Waals surface area contributed by atoms with Crippen LogP contribution in [-0.2, 0) is 25.5 Å². The van der Waals surface area contributed by atoms with Gasteiger partial charge in [0.1, 0.15) is 18.9 Å². The molecule has 31 heavy (non-hydrogen) atoms. The first kappa shape index (κ1) is 21.9. The zero-order valence-corrected chi connectivity index (χ0v) is 17.2. The van der Waals surface area contributed by atoms with E-state index in [1.54, 1.807) is 24.3 Å². The lowest BCUT2D eigenvalue weighted by molar-refractivity contribution is -0.145. The minimum Gasteiger partial charge on any atom is -0.486 e. The fourth-order valence-corrected chi connectivity index (χ4v) is 2.90. The minimum absolute atomic E-state index is 0.0391. The highest BCUT2D eigenvalue weighted by molar-refractivity contribution is 5.98. The number of benzene rings is 2. The van der Waals surface area contributed by atoms with Gasteiger partial charge in [0.05, 0.1) is 0 Å². The van der Waals surface area contributed by atoms with Crippen LogP contribution in [0.25, 0.3) is 6.08 Å². The van der Waals surface area contributed by atoms with Crippen LogP contribution in [0.1, 0.15) is 18.1 Å². The van der Waals surface area contributed by atoms with Gasteiger partial charge >= 0.3 is 5.97 Å². The van der Waals surface area contributed by atoms with Crippen LogP contribution in [0.2, 0.25) is 0 Å². The molecule has 0 unspecified atom stereocenters. The van der Waals surface area contributed by atoms with E-state index in [0.717, 1.165) is 5.56 Å². The van der Waals surface area contributed by atoms with Gasteiger partial charge in [-0.3, -0.25) is 9.59 Å². The molecule has 0 fully saturated rings. The van der Waals surface area contributed by atoms with Gasteiger partial charge in [-0.1, -0.05) is 36.4 Å². The standard InChI is InChI=1S/C23H24N2O6/c1-16(26)25-19(13-17-5-3-2-4-6-17)23(28)31-15-22(27)24-10-9-18-7-8-20-21(14-18)30-12-11-29-20/h2-8,13-14H,9-12,15H2,1H3,(H,24,27)(H,25,26). The van der Waals surface area contributed by atoms with Crippen molar-refractivity contribution < 1.29 is 28.6 Å². The molecule has 0 aromatic heterocycles. The largest absolute Gasteiger partial charge is 0.486 e. The zero-order valence-electron chi connectivity index (χ0n) is 17.2. The molecule has 3 rings (SSSR count). The van der Waals surface area contributed by atoms with Crippen molar-refractivity contribution in [1.82, 2.24) is 10.6 Å².